The molecule has 21 heavy (non-hydrogen) atoms. The Bertz CT molecular complexity index is 453. The number of hydrogen-bond donors (Lipinski definition) is 1. The molecule has 2 heterocycles. The SMILES string of the molecule is O=C(ON1C(=O)CCC1=O)[AsH][C@H]1CCCN(C(=O)O)CC1. The molecule has 0 saturated carbocycles. The van der Waals surface area contributed by atoms with Crippen molar-refractivity contribution in [3.63, 3.8) is 0 Å². The first kappa shape index (κ1) is 15.8. The second kappa shape index (κ2) is 6.93. The average Bonchev–Trinajstić information content (AvgIpc) is 2.66. The van der Waals surface area contributed by atoms with Gasteiger partial charge in [-0.3, -0.25) is 0 Å². The maximum atomic E-state index is 11.8. The molecule has 1 N–H and O–H groups in total. The number of hydroxylamine groups is 2. The third-order valence-electron chi connectivity index (χ3n) is 3.50. The van der Waals surface area contributed by atoms with E-state index in [0.717, 1.165) is 12.8 Å². The van der Waals surface area contributed by atoms with Gasteiger partial charge in [-0.15, -0.1) is 0 Å². The number of imide groups is 1. The van der Waals surface area contributed by atoms with E-state index in [4.69, 9.17) is 9.94 Å². The van der Waals surface area contributed by atoms with Crippen LogP contribution in [0.25, 0.3) is 0 Å². The Morgan fingerprint density at radius 1 is 1.14 bits per heavy atom. The molecular formula is C12H17AsN2O6. The normalized spacial score (nSPS) is 23.7. The van der Waals surface area contributed by atoms with Gasteiger partial charge in [0.1, 0.15) is 0 Å². The summed E-state index contributed by atoms with van der Waals surface area (Å²) in [5, 5.41) is 9.52. The molecule has 2 rings (SSSR count). The van der Waals surface area contributed by atoms with Crippen LogP contribution in [0, 0.1) is 0 Å². The van der Waals surface area contributed by atoms with E-state index in [-0.39, 0.29) is 17.5 Å². The van der Waals surface area contributed by atoms with Crippen molar-refractivity contribution in [3.8, 4) is 0 Å². The van der Waals surface area contributed by atoms with Crippen LogP contribution in [-0.4, -0.2) is 66.6 Å². The quantitative estimate of drug-likeness (QED) is 0.583. The van der Waals surface area contributed by atoms with E-state index in [2.05, 4.69) is 0 Å². The number of rotatable bonds is 3. The summed E-state index contributed by atoms with van der Waals surface area (Å²) in [6, 6.07) is 0. The molecule has 2 aliphatic rings. The summed E-state index contributed by atoms with van der Waals surface area (Å²) in [4.78, 5) is 51.7. The molecule has 2 fully saturated rings. The van der Waals surface area contributed by atoms with Crippen LogP contribution in [0.3, 0.4) is 0 Å². The number of carboxylic acid groups (broad SMARTS) is 1. The van der Waals surface area contributed by atoms with E-state index in [1.165, 1.54) is 4.90 Å². The fourth-order valence-corrected chi connectivity index (χ4v) is 4.67. The van der Waals surface area contributed by atoms with Crippen molar-refractivity contribution < 1.29 is 29.1 Å². The van der Waals surface area contributed by atoms with Gasteiger partial charge in [-0.1, -0.05) is 0 Å². The van der Waals surface area contributed by atoms with E-state index in [0.29, 0.717) is 24.6 Å². The van der Waals surface area contributed by atoms with Crippen LogP contribution in [0.1, 0.15) is 32.1 Å². The van der Waals surface area contributed by atoms with Gasteiger partial charge in [0.15, 0.2) is 0 Å². The second-order valence-corrected chi connectivity index (χ2v) is 8.18. The first-order valence-corrected chi connectivity index (χ1v) is 9.05. The number of amides is 3. The Morgan fingerprint density at radius 2 is 1.81 bits per heavy atom. The van der Waals surface area contributed by atoms with Gasteiger partial charge in [0.05, 0.1) is 0 Å². The van der Waals surface area contributed by atoms with Crippen LogP contribution in [-0.2, 0) is 14.4 Å². The predicted octanol–water partition coefficient (Wildman–Crippen LogP) is 0.576. The van der Waals surface area contributed by atoms with Crippen molar-refractivity contribution in [2.75, 3.05) is 13.1 Å². The average molecular weight is 360 g/mol. The molecule has 116 valence electrons. The van der Waals surface area contributed by atoms with Crippen molar-refractivity contribution in [2.24, 2.45) is 0 Å². The van der Waals surface area contributed by atoms with Crippen molar-refractivity contribution in [1.82, 2.24) is 9.96 Å². The number of nitrogens with zero attached hydrogens (tertiary/aromatic N) is 2. The molecule has 0 aromatic heterocycles. The summed E-state index contributed by atoms with van der Waals surface area (Å²) in [5.74, 6) is -0.948. The molecule has 0 aromatic rings. The molecule has 3 amide bonds. The number of hydrogen-bond acceptors (Lipinski definition) is 5. The molecule has 0 aromatic carbocycles. The van der Waals surface area contributed by atoms with Gasteiger partial charge in [0, 0.05) is 0 Å². The van der Waals surface area contributed by atoms with Crippen LogP contribution in [0.15, 0.2) is 0 Å². The first-order chi connectivity index (χ1) is 9.97. The molecule has 8 nitrogen and oxygen atoms in total. The molecule has 0 bridgehead atoms. The molecule has 0 spiro atoms. The Labute approximate surface area is 128 Å². The van der Waals surface area contributed by atoms with Crippen molar-refractivity contribution in [1.29, 1.82) is 0 Å². The van der Waals surface area contributed by atoms with Gasteiger partial charge in [-0.05, 0) is 0 Å². The first-order valence-electron chi connectivity index (χ1n) is 6.79. The summed E-state index contributed by atoms with van der Waals surface area (Å²) in [6.45, 7) is 0.897. The van der Waals surface area contributed by atoms with Gasteiger partial charge < -0.3 is 0 Å². The number of likely N-dealkylation sites (tertiary alicyclic amines) is 1. The van der Waals surface area contributed by atoms with Crippen molar-refractivity contribution in [3.05, 3.63) is 0 Å². The molecule has 2 saturated heterocycles. The van der Waals surface area contributed by atoms with Crippen LogP contribution in [0.4, 0.5) is 9.59 Å². The summed E-state index contributed by atoms with van der Waals surface area (Å²) in [7, 11) is 0. The molecule has 2 atom stereocenters. The van der Waals surface area contributed by atoms with Gasteiger partial charge in [-0.25, -0.2) is 0 Å². The summed E-state index contributed by atoms with van der Waals surface area (Å²) in [5.41, 5.74) is 0. The Kier molecular flexibility index (Phi) is 5.22. The van der Waals surface area contributed by atoms with E-state index in [9.17, 15) is 19.2 Å². The molecule has 9 heteroatoms. The Hall–Kier alpha value is -1.56. The third kappa shape index (κ3) is 4.20. The zero-order chi connectivity index (χ0) is 15.4. The van der Waals surface area contributed by atoms with Gasteiger partial charge in [0.25, 0.3) is 0 Å². The zero-order valence-corrected chi connectivity index (χ0v) is 13.5. The van der Waals surface area contributed by atoms with Crippen LogP contribution in [0.5, 0.6) is 0 Å². The number of carbonyl (C=O) groups is 4. The van der Waals surface area contributed by atoms with Crippen LogP contribution < -0.4 is 0 Å². The fraction of sp³-hybridized carbons (Fsp3) is 0.667. The summed E-state index contributed by atoms with van der Waals surface area (Å²) < 4.78 is -0.359. The minimum atomic E-state index is -1.15. The molecule has 2 aliphatic heterocycles. The predicted molar refractivity (Wildman–Crippen MR) is 71.9 cm³/mol. The van der Waals surface area contributed by atoms with Gasteiger partial charge in [-0.2, -0.15) is 0 Å². The van der Waals surface area contributed by atoms with Crippen LogP contribution >= 0.6 is 0 Å². The summed E-state index contributed by atoms with van der Waals surface area (Å²) >= 11 is -1.15. The standard InChI is InChI=1S/C12H17AsN2O6/c16-9-3-4-10(17)15(9)21-11(18)13-8-2-1-6-14(7-5-8)12(19)20/h8,13H,1-7H2,(H,19,20)/t8-/m0/s1. The maximum absolute atomic E-state index is 11.8. The van der Waals surface area contributed by atoms with Crippen LogP contribution in [0.2, 0.25) is 4.71 Å². The van der Waals surface area contributed by atoms with E-state index < -0.39 is 38.4 Å². The van der Waals surface area contributed by atoms with E-state index in [1.54, 1.807) is 0 Å². The second-order valence-electron chi connectivity index (χ2n) is 5.00. The fourth-order valence-electron chi connectivity index (χ4n) is 2.37. The topological polar surface area (TPSA) is 104 Å². The Morgan fingerprint density at radius 3 is 2.43 bits per heavy atom. The third-order valence-corrected chi connectivity index (χ3v) is 6.25. The van der Waals surface area contributed by atoms with Crippen molar-refractivity contribution >= 4 is 38.4 Å². The Balaban J connectivity index is 1.81. The minimum absolute atomic E-state index is 0.0864. The molecular weight excluding hydrogens is 343 g/mol. The molecule has 1 unspecified atom stereocenters. The molecule has 0 radical (unpaired) electrons. The van der Waals surface area contributed by atoms with E-state index >= 15 is 0 Å². The zero-order valence-electron chi connectivity index (χ0n) is 11.4. The van der Waals surface area contributed by atoms with Gasteiger partial charge >= 0.3 is 127 Å². The van der Waals surface area contributed by atoms with Gasteiger partial charge in [0.2, 0.25) is 0 Å². The van der Waals surface area contributed by atoms with Crippen molar-refractivity contribution in [2.45, 2.75) is 36.8 Å². The summed E-state index contributed by atoms with van der Waals surface area (Å²) in [6.07, 6.45) is 1.36. The number of carbonyl (C=O) groups excluding carboxylic acids is 3. The van der Waals surface area contributed by atoms with E-state index in [1.807, 2.05) is 0 Å². The molecule has 0 aliphatic carbocycles. The monoisotopic (exact) mass is 360 g/mol.